The van der Waals surface area contributed by atoms with Crippen LogP contribution in [0.4, 0.5) is 18.9 Å². The maximum atomic E-state index is 13.8. The van der Waals surface area contributed by atoms with Crippen LogP contribution in [0.25, 0.3) is 0 Å². The van der Waals surface area contributed by atoms with Gasteiger partial charge in [-0.2, -0.15) is 18.4 Å². The second kappa shape index (κ2) is 10.7. The SMILES string of the molecule is N#Cc1ccc2c(c1)CNC(Cc1ccccc1)[C@@H](S(=O)(=O)CCCC(F)(F)F)N2Cc1cnc[nH]1. The molecular weight excluding hydrogens is 491 g/mol. The van der Waals surface area contributed by atoms with Crippen LogP contribution in [0.5, 0.6) is 0 Å². The highest BCUT2D eigenvalue weighted by molar-refractivity contribution is 7.92. The van der Waals surface area contributed by atoms with Crippen LogP contribution in [-0.4, -0.2) is 41.7 Å². The zero-order valence-corrected chi connectivity index (χ0v) is 20.2. The second-order valence-electron chi connectivity index (χ2n) is 8.81. The van der Waals surface area contributed by atoms with Gasteiger partial charge in [0.1, 0.15) is 5.37 Å². The van der Waals surface area contributed by atoms with Crippen LogP contribution in [0.15, 0.2) is 61.1 Å². The summed E-state index contributed by atoms with van der Waals surface area (Å²) in [7, 11) is -4.04. The van der Waals surface area contributed by atoms with Crippen molar-refractivity contribution in [2.75, 3.05) is 10.7 Å². The van der Waals surface area contributed by atoms with Crippen molar-refractivity contribution in [3.05, 3.63) is 83.4 Å². The molecule has 190 valence electrons. The minimum absolute atomic E-state index is 0.148. The van der Waals surface area contributed by atoms with E-state index in [1.54, 1.807) is 29.3 Å². The summed E-state index contributed by atoms with van der Waals surface area (Å²) < 4.78 is 66.1. The summed E-state index contributed by atoms with van der Waals surface area (Å²) in [5, 5.41) is 11.6. The number of nitriles is 1. The quantitative estimate of drug-likeness (QED) is 0.467. The summed E-state index contributed by atoms with van der Waals surface area (Å²) in [5.41, 5.74) is 3.33. The molecule has 1 aliphatic rings. The number of fused-ring (bicyclic) bond motifs is 1. The van der Waals surface area contributed by atoms with Crippen LogP contribution in [0.3, 0.4) is 0 Å². The fraction of sp³-hybridized carbons (Fsp3) is 0.360. The molecule has 1 aliphatic heterocycles. The highest BCUT2D eigenvalue weighted by Gasteiger charge is 2.41. The first-order valence-corrected chi connectivity index (χ1v) is 13.2. The van der Waals surface area contributed by atoms with Crippen molar-refractivity contribution >= 4 is 15.5 Å². The number of H-pyrrole nitrogens is 1. The Hall–Kier alpha value is -3.36. The van der Waals surface area contributed by atoms with Gasteiger partial charge < -0.3 is 15.2 Å². The van der Waals surface area contributed by atoms with E-state index in [1.165, 1.54) is 6.33 Å². The minimum atomic E-state index is -4.43. The molecule has 0 aliphatic carbocycles. The van der Waals surface area contributed by atoms with Crippen molar-refractivity contribution in [3.63, 3.8) is 0 Å². The molecular formula is C25H26F3N5O2S. The van der Waals surface area contributed by atoms with E-state index >= 15 is 0 Å². The summed E-state index contributed by atoms with van der Waals surface area (Å²) in [6, 6.07) is 15.9. The van der Waals surface area contributed by atoms with Crippen molar-refractivity contribution in [2.45, 2.75) is 49.9 Å². The van der Waals surface area contributed by atoms with Crippen LogP contribution >= 0.6 is 0 Å². The van der Waals surface area contributed by atoms with Crippen molar-refractivity contribution < 1.29 is 21.6 Å². The number of benzene rings is 2. The summed E-state index contributed by atoms with van der Waals surface area (Å²) in [6.07, 6.45) is -2.70. The van der Waals surface area contributed by atoms with Crippen LogP contribution in [0.1, 0.15) is 35.2 Å². The predicted molar refractivity (Wildman–Crippen MR) is 130 cm³/mol. The first-order chi connectivity index (χ1) is 17.2. The average molecular weight is 518 g/mol. The second-order valence-corrected chi connectivity index (χ2v) is 11.0. The standard InChI is InChI=1S/C25H26F3N5O2S/c26-25(27,28)9-4-10-36(34,35)24-22(12-18-5-2-1-3-6-18)31-14-20-11-19(13-29)7-8-23(20)33(24)16-21-15-30-17-32-21/h1-3,5-8,11,15,17,22,24,31H,4,9-10,12,14,16H2,(H,30,32)/t22?,24-/m1/s1. The molecule has 0 bridgehead atoms. The minimum Gasteiger partial charge on any atom is -0.347 e. The Kier molecular flexibility index (Phi) is 7.66. The predicted octanol–water partition coefficient (Wildman–Crippen LogP) is 4.09. The van der Waals surface area contributed by atoms with E-state index in [0.29, 0.717) is 29.9 Å². The zero-order chi connectivity index (χ0) is 25.8. The molecule has 1 unspecified atom stereocenters. The van der Waals surface area contributed by atoms with E-state index in [1.807, 2.05) is 30.3 Å². The normalized spacial score (nSPS) is 18.3. The third kappa shape index (κ3) is 6.25. The number of nitrogens with zero attached hydrogens (tertiary/aromatic N) is 3. The van der Waals surface area contributed by atoms with Gasteiger partial charge in [0.2, 0.25) is 0 Å². The van der Waals surface area contributed by atoms with Gasteiger partial charge in [-0.1, -0.05) is 30.3 Å². The Morgan fingerprint density at radius 1 is 1.17 bits per heavy atom. The van der Waals surface area contributed by atoms with Gasteiger partial charge in [-0.15, -0.1) is 0 Å². The fourth-order valence-electron chi connectivity index (χ4n) is 4.58. The number of halogens is 3. The number of hydrogen-bond donors (Lipinski definition) is 2. The molecule has 11 heteroatoms. The number of sulfone groups is 1. The van der Waals surface area contributed by atoms with Crippen LogP contribution in [-0.2, 0) is 29.3 Å². The zero-order valence-electron chi connectivity index (χ0n) is 19.4. The molecule has 7 nitrogen and oxygen atoms in total. The van der Waals surface area contributed by atoms with Gasteiger partial charge >= 0.3 is 6.18 Å². The van der Waals surface area contributed by atoms with Crippen molar-refractivity contribution in [3.8, 4) is 6.07 Å². The molecule has 0 spiro atoms. The van der Waals surface area contributed by atoms with Crippen molar-refractivity contribution in [1.29, 1.82) is 5.26 Å². The molecule has 0 saturated carbocycles. The van der Waals surface area contributed by atoms with Gasteiger partial charge in [-0.3, -0.25) is 0 Å². The van der Waals surface area contributed by atoms with Crippen LogP contribution in [0.2, 0.25) is 0 Å². The molecule has 2 aromatic carbocycles. The van der Waals surface area contributed by atoms with Crippen molar-refractivity contribution in [1.82, 2.24) is 15.3 Å². The van der Waals surface area contributed by atoms with Gasteiger partial charge in [-0.05, 0) is 42.2 Å². The topological polar surface area (TPSA) is 102 Å². The van der Waals surface area contributed by atoms with Crippen LogP contribution in [0, 0.1) is 11.3 Å². The summed E-state index contributed by atoms with van der Waals surface area (Å²) in [5.74, 6) is -0.602. The molecule has 0 saturated heterocycles. The number of hydrogen-bond acceptors (Lipinski definition) is 6. The molecule has 0 amide bonds. The number of aromatic nitrogens is 2. The first-order valence-electron chi connectivity index (χ1n) is 11.5. The van der Waals surface area contributed by atoms with E-state index < -0.39 is 46.0 Å². The lowest BCUT2D eigenvalue weighted by Gasteiger charge is -2.36. The van der Waals surface area contributed by atoms with Gasteiger partial charge in [0.15, 0.2) is 9.84 Å². The average Bonchev–Trinajstić information content (AvgIpc) is 3.29. The van der Waals surface area contributed by atoms with E-state index in [9.17, 15) is 26.9 Å². The Morgan fingerprint density at radius 3 is 2.61 bits per heavy atom. The van der Waals surface area contributed by atoms with Crippen molar-refractivity contribution in [2.24, 2.45) is 0 Å². The Bertz CT molecular complexity index is 1310. The lowest BCUT2D eigenvalue weighted by molar-refractivity contribution is -0.134. The highest BCUT2D eigenvalue weighted by atomic mass is 32.2. The van der Waals surface area contributed by atoms with Crippen LogP contribution < -0.4 is 10.2 Å². The largest absolute Gasteiger partial charge is 0.389 e. The number of alkyl halides is 3. The lowest BCUT2D eigenvalue weighted by atomic mass is 10.1. The van der Waals surface area contributed by atoms with E-state index in [-0.39, 0.29) is 6.54 Å². The summed E-state index contributed by atoms with van der Waals surface area (Å²) in [6.45, 7) is 0.450. The number of rotatable bonds is 8. The van der Waals surface area contributed by atoms with Gasteiger partial charge in [0.05, 0.1) is 36.0 Å². The molecule has 2 N–H and O–H groups in total. The molecule has 2 heterocycles. The maximum Gasteiger partial charge on any atom is 0.389 e. The van der Waals surface area contributed by atoms with Gasteiger partial charge in [0, 0.05) is 30.9 Å². The Labute approximate surface area is 207 Å². The first kappa shape index (κ1) is 25.7. The number of imidazole rings is 1. The van der Waals surface area contributed by atoms with Gasteiger partial charge in [-0.25, -0.2) is 13.4 Å². The molecule has 2 atom stereocenters. The highest BCUT2D eigenvalue weighted by Crippen LogP contribution is 2.33. The molecule has 36 heavy (non-hydrogen) atoms. The molecule has 0 radical (unpaired) electrons. The summed E-state index contributed by atoms with van der Waals surface area (Å²) in [4.78, 5) is 8.73. The smallest absolute Gasteiger partial charge is 0.347 e. The maximum absolute atomic E-state index is 13.8. The Balaban J connectivity index is 1.79. The summed E-state index contributed by atoms with van der Waals surface area (Å²) >= 11 is 0. The molecule has 0 fully saturated rings. The number of aromatic amines is 1. The molecule has 3 aromatic rings. The molecule has 4 rings (SSSR count). The van der Waals surface area contributed by atoms with E-state index in [2.05, 4.69) is 21.4 Å². The monoisotopic (exact) mass is 517 g/mol. The van der Waals surface area contributed by atoms with E-state index in [0.717, 1.165) is 11.1 Å². The number of anilines is 1. The third-order valence-electron chi connectivity index (χ3n) is 6.18. The Morgan fingerprint density at radius 2 is 1.94 bits per heavy atom. The molecule has 1 aromatic heterocycles. The lowest BCUT2D eigenvalue weighted by Crippen LogP contribution is -2.54. The van der Waals surface area contributed by atoms with E-state index in [4.69, 9.17) is 0 Å². The third-order valence-corrected chi connectivity index (χ3v) is 8.35. The number of nitrogens with one attached hydrogen (secondary N) is 2. The van der Waals surface area contributed by atoms with Gasteiger partial charge in [0.25, 0.3) is 0 Å². The fourth-order valence-corrected chi connectivity index (χ4v) is 6.64.